The minimum Gasteiger partial charge on any atom is -0.493 e. The molecule has 3 rings (SSSR count). The van der Waals surface area contributed by atoms with Gasteiger partial charge in [0.15, 0.2) is 11.3 Å². The molecule has 0 radical (unpaired) electrons. The van der Waals surface area contributed by atoms with Crippen molar-refractivity contribution in [3.63, 3.8) is 0 Å². The van der Waals surface area contributed by atoms with Crippen molar-refractivity contribution in [2.75, 3.05) is 46.1 Å². The highest BCUT2D eigenvalue weighted by molar-refractivity contribution is 7.89. The lowest BCUT2D eigenvalue weighted by molar-refractivity contribution is 0.110. The zero-order chi connectivity index (χ0) is 27.0. The molecule has 12 heteroatoms. The van der Waals surface area contributed by atoms with Crippen molar-refractivity contribution in [2.24, 2.45) is 0 Å². The molecule has 204 valence electrons. The number of rotatable bonds is 15. The van der Waals surface area contributed by atoms with Crippen LogP contribution in [0.15, 0.2) is 27.9 Å². The van der Waals surface area contributed by atoms with Crippen molar-refractivity contribution in [1.82, 2.24) is 23.9 Å². The van der Waals surface area contributed by atoms with Crippen LogP contribution in [0.3, 0.4) is 0 Å². The van der Waals surface area contributed by atoms with Crippen molar-refractivity contribution >= 4 is 15.5 Å². The molecule has 0 saturated carbocycles. The third-order valence-electron chi connectivity index (χ3n) is 5.74. The number of imidazole rings is 1. The Morgan fingerprint density at radius 2 is 1.70 bits per heavy atom. The van der Waals surface area contributed by atoms with Gasteiger partial charge in [0.05, 0.1) is 36.0 Å². The topological polar surface area (TPSA) is 128 Å². The Hall–Kier alpha value is -2.80. The Labute approximate surface area is 217 Å². The lowest BCUT2D eigenvalue weighted by Crippen LogP contribution is -2.36. The van der Waals surface area contributed by atoms with Crippen molar-refractivity contribution in [2.45, 2.75) is 52.4 Å². The summed E-state index contributed by atoms with van der Waals surface area (Å²) in [5.41, 5.74) is 0.963. The second kappa shape index (κ2) is 13.1. The third kappa shape index (κ3) is 6.56. The average molecular weight is 536 g/mol. The minimum atomic E-state index is -3.91. The van der Waals surface area contributed by atoms with E-state index >= 15 is 0 Å². The zero-order valence-electron chi connectivity index (χ0n) is 22.2. The molecule has 1 N–H and O–H groups in total. The largest absolute Gasteiger partial charge is 0.493 e. The van der Waals surface area contributed by atoms with Crippen LogP contribution in [-0.2, 0) is 25.9 Å². The molecule has 0 atom stereocenters. The summed E-state index contributed by atoms with van der Waals surface area (Å²) in [7, 11) is -3.91. The summed E-state index contributed by atoms with van der Waals surface area (Å²) in [6, 6.07) is 4.58. The lowest BCUT2D eigenvalue weighted by atomic mass is 10.2. The molecular formula is C25H37N5O6S. The van der Waals surface area contributed by atoms with Crippen molar-refractivity contribution in [3.8, 4) is 17.1 Å². The molecule has 0 aliphatic heterocycles. The summed E-state index contributed by atoms with van der Waals surface area (Å²) in [5, 5.41) is 4.65. The number of H-pyrrole nitrogens is 1. The van der Waals surface area contributed by atoms with E-state index in [4.69, 9.17) is 14.2 Å². The van der Waals surface area contributed by atoms with E-state index in [1.807, 2.05) is 27.7 Å². The second-order valence-electron chi connectivity index (χ2n) is 8.32. The Kier molecular flexibility index (Phi) is 10.2. The van der Waals surface area contributed by atoms with Crippen LogP contribution >= 0.6 is 0 Å². The molecule has 0 aliphatic carbocycles. The number of hydrogen-bond donors (Lipinski definition) is 1. The standard InChI is InChI=1S/C25H37N5O6S/c1-6-10-22-26-18(5)23-25(31)27-24(28-30(22)23)20-17-19(11-12-21(20)36-9-4)37(32,33)29(13-15-34-7-2)14-16-35-8-3/h11-12,17H,6-10,13-16H2,1-5H3,(H,27,28,31). The van der Waals surface area contributed by atoms with Crippen LogP contribution in [0.25, 0.3) is 16.9 Å². The molecule has 0 fully saturated rings. The van der Waals surface area contributed by atoms with Crippen LogP contribution < -0.4 is 10.3 Å². The summed E-state index contributed by atoms with van der Waals surface area (Å²) in [5.74, 6) is 1.28. The molecule has 0 aliphatic rings. The predicted molar refractivity (Wildman–Crippen MR) is 141 cm³/mol. The first kappa shape index (κ1) is 28.8. The van der Waals surface area contributed by atoms with Gasteiger partial charge in [0, 0.05) is 32.7 Å². The van der Waals surface area contributed by atoms with Gasteiger partial charge in [-0.25, -0.2) is 17.9 Å². The van der Waals surface area contributed by atoms with E-state index in [9.17, 15) is 13.2 Å². The van der Waals surface area contributed by atoms with Gasteiger partial charge < -0.3 is 19.2 Å². The molecule has 2 heterocycles. The van der Waals surface area contributed by atoms with Gasteiger partial charge in [-0.2, -0.15) is 4.31 Å². The third-order valence-corrected chi connectivity index (χ3v) is 7.63. The molecule has 2 aromatic heterocycles. The molecule has 1 aromatic carbocycles. The van der Waals surface area contributed by atoms with Crippen molar-refractivity contribution in [1.29, 1.82) is 0 Å². The summed E-state index contributed by atoms with van der Waals surface area (Å²) < 4.78 is 46.8. The Morgan fingerprint density at radius 3 is 2.30 bits per heavy atom. The lowest BCUT2D eigenvalue weighted by Gasteiger charge is -2.22. The van der Waals surface area contributed by atoms with E-state index in [0.29, 0.717) is 54.6 Å². The molecule has 0 amide bonds. The quantitative estimate of drug-likeness (QED) is 0.294. The van der Waals surface area contributed by atoms with E-state index in [1.165, 1.54) is 16.4 Å². The number of aromatic amines is 1. The summed E-state index contributed by atoms with van der Waals surface area (Å²) in [6.45, 7) is 11.5. The van der Waals surface area contributed by atoms with Gasteiger partial charge in [-0.1, -0.05) is 6.92 Å². The maximum Gasteiger partial charge on any atom is 0.277 e. The molecule has 0 bridgehead atoms. The number of nitrogens with zero attached hydrogens (tertiary/aromatic N) is 4. The van der Waals surface area contributed by atoms with Crippen LogP contribution in [0.1, 0.15) is 45.6 Å². The highest BCUT2D eigenvalue weighted by Gasteiger charge is 2.26. The van der Waals surface area contributed by atoms with Crippen molar-refractivity contribution in [3.05, 3.63) is 40.1 Å². The van der Waals surface area contributed by atoms with Crippen LogP contribution in [-0.4, -0.2) is 78.4 Å². The maximum atomic E-state index is 13.7. The number of sulfonamides is 1. The van der Waals surface area contributed by atoms with E-state index in [2.05, 4.69) is 15.1 Å². The van der Waals surface area contributed by atoms with Crippen LogP contribution in [0.5, 0.6) is 5.75 Å². The number of nitrogens with one attached hydrogen (secondary N) is 1. The van der Waals surface area contributed by atoms with Gasteiger partial charge in [0.25, 0.3) is 5.56 Å². The van der Waals surface area contributed by atoms with Crippen LogP contribution in [0, 0.1) is 6.92 Å². The van der Waals surface area contributed by atoms with E-state index in [1.54, 1.807) is 17.5 Å². The van der Waals surface area contributed by atoms with Gasteiger partial charge in [0.2, 0.25) is 10.0 Å². The first-order valence-electron chi connectivity index (χ1n) is 12.7. The average Bonchev–Trinajstić information content (AvgIpc) is 3.19. The summed E-state index contributed by atoms with van der Waals surface area (Å²) >= 11 is 0. The van der Waals surface area contributed by atoms with E-state index in [-0.39, 0.29) is 42.6 Å². The molecular weight excluding hydrogens is 498 g/mol. The Balaban J connectivity index is 2.12. The van der Waals surface area contributed by atoms with Gasteiger partial charge in [-0.05, 0) is 52.3 Å². The Bertz CT molecular complexity index is 1340. The van der Waals surface area contributed by atoms with E-state index < -0.39 is 10.0 Å². The SMILES string of the molecule is CCCc1nc(C)c2c(=O)[nH]c(-c3cc(S(=O)(=O)N(CCOCC)CCOCC)ccc3OCC)nn12. The molecule has 37 heavy (non-hydrogen) atoms. The van der Waals surface area contributed by atoms with Gasteiger partial charge >= 0.3 is 0 Å². The highest BCUT2D eigenvalue weighted by Crippen LogP contribution is 2.31. The molecule has 0 spiro atoms. The zero-order valence-corrected chi connectivity index (χ0v) is 23.1. The fourth-order valence-electron chi connectivity index (χ4n) is 4.00. The normalized spacial score (nSPS) is 12.1. The van der Waals surface area contributed by atoms with Crippen LogP contribution in [0.4, 0.5) is 0 Å². The first-order chi connectivity index (χ1) is 17.8. The number of benzene rings is 1. The summed E-state index contributed by atoms with van der Waals surface area (Å²) in [4.78, 5) is 20.4. The monoisotopic (exact) mass is 535 g/mol. The molecule has 0 unspecified atom stereocenters. The maximum absolute atomic E-state index is 13.7. The predicted octanol–water partition coefficient (Wildman–Crippen LogP) is 2.81. The Morgan fingerprint density at radius 1 is 1.03 bits per heavy atom. The molecule has 0 saturated heterocycles. The second-order valence-corrected chi connectivity index (χ2v) is 10.3. The minimum absolute atomic E-state index is 0.0530. The fourth-order valence-corrected chi connectivity index (χ4v) is 5.44. The van der Waals surface area contributed by atoms with Gasteiger partial charge in [-0.15, -0.1) is 5.10 Å². The number of ether oxygens (including phenoxy) is 3. The van der Waals surface area contributed by atoms with Gasteiger partial charge in [0.1, 0.15) is 11.6 Å². The first-order valence-corrected chi connectivity index (χ1v) is 14.1. The smallest absolute Gasteiger partial charge is 0.277 e. The van der Waals surface area contributed by atoms with E-state index in [0.717, 1.165) is 6.42 Å². The molecule has 11 nitrogen and oxygen atoms in total. The van der Waals surface area contributed by atoms with Gasteiger partial charge in [-0.3, -0.25) is 4.79 Å². The highest BCUT2D eigenvalue weighted by atomic mass is 32.2. The summed E-state index contributed by atoms with van der Waals surface area (Å²) in [6.07, 6.45) is 1.48. The van der Waals surface area contributed by atoms with Crippen molar-refractivity contribution < 1.29 is 22.6 Å². The number of aromatic nitrogens is 4. The molecule has 3 aromatic rings. The van der Waals surface area contributed by atoms with Crippen LogP contribution in [0.2, 0.25) is 0 Å². The number of fused-ring (bicyclic) bond motifs is 1. The number of hydrogen-bond acceptors (Lipinski definition) is 8. The fraction of sp³-hybridized carbons (Fsp3) is 0.560. The number of aryl methyl sites for hydroxylation is 2.